The van der Waals surface area contributed by atoms with E-state index in [0.717, 1.165) is 18.5 Å². The summed E-state index contributed by atoms with van der Waals surface area (Å²) in [4.78, 5) is 0. The van der Waals surface area contributed by atoms with Crippen LogP contribution in [0.25, 0.3) is 0 Å². The Morgan fingerprint density at radius 1 is 1.22 bits per heavy atom. The third kappa shape index (κ3) is 3.86. The Labute approximate surface area is 120 Å². The minimum Gasteiger partial charge on any atom is -0.377 e. The van der Waals surface area contributed by atoms with Crippen LogP contribution in [-0.2, 0) is 4.74 Å². The van der Waals surface area contributed by atoms with Gasteiger partial charge in [-0.2, -0.15) is 0 Å². The molecule has 0 aliphatic carbocycles. The van der Waals surface area contributed by atoms with Crippen molar-refractivity contribution in [2.24, 2.45) is 0 Å². The van der Waals surface area contributed by atoms with Crippen LogP contribution in [0.15, 0.2) is 18.2 Å². The average molecular weight is 290 g/mol. The zero-order valence-electron chi connectivity index (χ0n) is 11.2. The van der Waals surface area contributed by atoms with Crippen molar-refractivity contribution in [3.8, 4) is 0 Å². The Balaban J connectivity index is 3.06. The third-order valence-corrected chi connectivity index (χ3v) is 3.73. The van der Waals surface area contributed by atoms with E-state index in [1.54, 1.807) is 6.07 Å². The minimum atomic E-state index is 0.0751. The summed E-state index contributed by atoms with van der Waals surface area (Å²) in [6.07, 6.45) is 1.03. The largest absolute Gasteiger partial charge is 0.377 e. The van der Waals surface area contributed by atoms with Gasteiger partial charge in [0.15, 0.2) is 0 Å². The molecule has 0 spiro atoms. The number of halogens is 2. The average Bonchev–Trinajstić information content (AvgIpc) is 2.37. The summed E-state index contributed by atoms with van der Waals surface area (Å²) >= 11 is 12.4. The fraction of sp³-hybridized carbons (Fsp3) is 0.571. The second-order valence-corrected chi connectivity index (χ2v) is 4.87. The Kier molecular flexibility index (Phi) is 7.02. The summed E-state index contributed by atoms with van der Waals surface area (Å²) in [5.74, 6) is 0. The van der Waals surface area contributed by atoms with E-state index in [2.05, 4.69) is 19.2 Å². The smallest absolute Gasteiger partial charge is 0.0767 e. The summed E-state index contributed by atoms with van der Waals surface area (Å²) in [5.41, 5.74) is 1.01. The fourth-order valence-corrected chi connectivity index (χ4v) is 2.51. The van der Waals surface area contributed by atoms with Crippen molar-refractivity contribution in [2.75, 3.05) is 13.2 Å². The van der Waals surface area contributed by atoms with E-state index in [0.29, 0.717) is 16.7 Å². The van der Waals surface area contributed by atoms with E-state index in [4.69, 9.17) is 27.9 Å². The van der Waals surface area contributed by atoms with E-state index in [9.17, 15) is 0 Å². The van der Waals surface area contributed by atoms with Crippen LogP contribution in [0.2, 0.25) is 10.0 Å². The van der Waals surface area contributed by atoms with E-state index in [-0.39, 0.29) is 12.1 Å². The van der Waals surface area contributed by atoms with Gasteiger partial charge in [-0.15, -0.1) is 0 Å². The number of nitrogens with one attached hydrogen (secondary N) is 1. The lowest BCUT2D eigenvalue weighted by Crippen LogP contribution is -2.33. The summed E-state index contributed by atoms with van der Waals surface area (Å²) < 4.78 is 5.79. The molecule has 1 N–H and O–H groups in total. The second kappa shape index (κ2) is 8.00. The molecule has 0 bridgehead atoms. The Morgan fingerprint density at radius 2 is 1.94 bits per heavy atom. The van der Waals surface area contributed by atoms with E-state index in [1.807, 2.05) is 19.1 Å². The standard InChI is InChI=1S/C14H21Cl2NO/c1-4-12(18-6-3)14(17-5-2)10-8-7-9-11(15)13(10)16/h7-9,12,14,17H,4-6H2,1-3H3. The predicted octanol–water partition coefficient (Wildman–Crippen LogP) is 4.46. The third-order valence-electron chi connectivity index (χ3n) is 2.90. The van der Waals surface area contributed by atoms with Crippen LogP contribution in [0.3, 0.4) is 0 Å². The first-order valence-corrected chi connectivity index (χ1v) is 7.20. The fourth-order valence-electron chi connectivity index (χ4n) is 2.09. The Hall–Kier alpha value is -0.280. The molecule has 0 aliphatic rings. The number of rotatable bonds is 7. The zero-order valence-corrected chi connectivity index (χ0v) is 12.7. The first kappa shape index (κ1) is 15.8. The van der Waals surface area contributed by atoms with Crippen molar-refractivity contribution in [1.82, 2.24) is 5.32 Å². The molecule has 0 saturated carbocycles. The number of hydrogen-bond acceptors (Lipinski definition) is 2. The van der Waals surface area contributed by atoms with Gasteiger partial charge in [-0.1, -0.05) is 49.2 Å². The number of likely N-dealkylation sites (N-methyl/N-ethyl adjacent to an activating group) is 1. The molecular formula is C14H21Cl2NO. The SMILES string of the molecule is CCNC(c1cccc(Cl)c1Cl)C(CC)OCC. The maximum atomic E-state index is 6.30. The molecule has 0 fully saturated rings. The normalized spacial score (nSPS) is 14.5. The summed E-state index contributed by atoms with van der Waals surface area (Å²) in [5, 5.41) is 4.64. The molecule has 0 aliphatic heterocycles. The van der Waals surface area contributed by atoms with Gasteiger partial charge in [0, 0.05) is 6.61 Å². The van der Waals surface area contributed by atoms with Crippen molar-refractivity contribution in [3.63, 3.8) is 0 Å². The molecule has 0 aromatic heterocycles. The molecule has 1 aromatic carbocycles. The van der Waals surface area contributed by atoms with Crippen LogP contribution in [0.5, 0.6) is 0 Å². The topological polar surface area (TPSA) is 21.3 Å². The molecule has 1 rings (SSSR count). The maximum Gasteiger partial charge on any atom is 0.0767 e. The van der Waals surface area contributed by atoms with Gasteiger partial charge in [0.05, 0.1) is 22.2 Å². The van der Waals surface area contributed by atoms with Crippen LogP contribution < -0.4 is 5.32 Å². The van der Waals surface area contributed by atoms with Gasteiger partial charge in [-0.25, -0.2) is 0 Å². The lowest BCUT2D eigenvalue weighted by atomic mass is 9.99. The van der Waals surface area contributed by atoms with E-state index >= 15 is 0 Å². The molecule has 0 amide bonds. The minimum absolute atomic E-state index is 0.0751. The van der Waals surface area contributed by atoms with Crippen LogP contribution in [0.4, 0.5) is 0 Å². The van der Waals surface area contributed by atoms with Gasteiger partial charge in [0.1, 0.15) is 0 Å². The van der Waals surface area contributed by atoms with Crippen molar-refractivity contribution in [2.45, 2.75) is 39.3 Å². The van der Waals surface area contributed by atoms with Gasteiger partial charge >= 0.3 is 0 Å². The van der Waals surface area contributed by atoms with Gasteiger partial charge < -0.3 is 10.1 Å². The highest BCUT2D eigenvalue weighted by Gasteiger charge is 2.24. The van der Waals surface area contributed by atoms with Gasteiger partial charge in [-0.05, 0) is 31.5 Å². The van der Waals surface area contributed by atoms with E-state index in [1.165, 1.54) is 0 Å². The molecule has 4 heteroatoms. The molecule has 18 heavy (non-hydrogen) atoms. The molecule has 2 atom stereocenters. The van der Waals surface area contributed by atoms with Crippen molar-refractivity contribution >= 4 is 23.2 Å². The summed E-state index contributed by atoms with van der Waals surface area (Å²) in [6, 6.07) is 5.81. The lowest BCUT2D eigenvalue weighted by molar-refractivity contribution is 0.0318. The van der Waals surface area contributed by atoms with Gasteiger partial charge in [0.2, 0.25) is 0 Å². The number of benzene rings is 1. The molecule has 2 unspecified atom stereocenters. The molecule has 0 heterocycles. The lowest BCUT2D eigenvalue weighted by Gasteiger charge is -2.28. The maximum absolute atomic E-state index is 6.30. The highest BCUT2D eigenvalue weighted by Crippen LogP contribution is 2.32. The quantitative estimate of drug-likeness (QED) is 0.800. The van der Waals surface area contributed by atoms with Crippen LogP contribution in [0.1, 0.15) is 38.8 Å². The molecule has 0 radical (unpaired) electrons. The summed E-state index contributed by atoms with van der Waals surface area (Å²) in [6.45, 7) is 7.74. The molecular weight excluding hydrogens is 269 g/mol. The van der Waals surface area contributed by atoms with Crippen molar-refractivity contribution < 1.29 is 4.74 Å². The number of hydrogen-bond donors (Lipinski definition) is 1. The van der Waals surface area contributed by atoms with Gasteiger partial charge in [-0.3, -0.25) is 0 Å². The molecule has 2 nitrogen and oxygen atoms in total. The monoisotopic (exact) mass is 289 g/mol. The first-order chi connectivity index (χ1) is 8.65. The van der Waals surface area contributed by atoms with Crippen LogP contribution in [-0.4, -0.2) is 19.3 Å². The first-order valence-electron chi connectivity index (χ1n) is 6.44. The highest BCUT2D eigenvalue weighted by atomic mass is 35.5. The summed E-state index contributed by atoms with van der Waals surface area (Å²) in [7, 11) is 0. The molecule has 0 saturated heterocycles. The van der Waals surface area contributed by atoms with Crippen LogP contribution >= 0.6 is 23.2 Å². The van der Waals surface area contributed by atoms with Crippen LogP contribution in [0, 0.1) is 0 Å². The predicted molar refractivity (Wildman–Crippen MR) is 78.6 cm³/mol. The molecule has 102 valence electrons. The Morgan fingerprint density at radius 3 is 2.50 bits per heavy atom. The van der Waals surface area contributed by atoms with Crippen molar-refractivity contribution in [1.29, 1.82) is 0 Å². The van der Waals surface area contributed by atoms with E-state index < -0.39 is 0 Å². The van der Waals surface area contributed by atoms with Gasteiger partial charge in [0.25, 0.3) is 0 Å². The molecule has 1 aromatic rings. The second-order valence-electron chi connectivity index (χ2n) is 4.08. The zero-order chi connectivity index (χ0) is 13.5. The number of ether oxygens (including phenoxy) is 1. The Bertz CT molecular complexity index is 371. The highest BCUT2D eigenvalue weighted by molar-refractivity contribution is 6.42. The van der Waals surface area contributed by atoms with Crippen molar-refractivity contribution in [3.05, 3.63) is 33.8 Å².